The van der Waals surface area contributed by atoms with Gasteiger partial charge in [0.15, 0.2) is 0 Å². The van der Waals surface area contributed by atoms with Crippen molar-refractivity contribution < 1.29 is 23.8 Å². The summed E-state index contributed by atoms with van der Waals surface area (Å²) in [5, 5.41) is 9.21. The third kappa shape index (κ3) is 5.91. The van der Waals surface area contributed by atoms with Crippen LogP contribution < -0.4 is 9.47 Å². The summed E-state index contributed by atoms with van der Waals surface area (Å²) in [6.07, 6.45) is 8.02. The van der Waals surface area contributed by atoms with Crippen LogP contribution in [0.2, 0.25) is 0 Å². The van der Waals surface area contributed by atoms with Gasteiger partial charge in [0.2, 0.25) is 0 Å². The van der Waals surface area contributed by atoms with E-state index in [-0.39, 0.29) is 18.2 Å². The number of hydrogen-bond donors (Lipinski definition) is 1. The number of hydrogen-bond acceptors (Lipinski definition) is 3. The molecule has 1 aliphatic rings. The largest absolute Gasteiger partial charge is 0.497 e. The van der Waals surface area contributed by atoms with Crippen LogP contribution in [-0.2, 0) is 17.8 Å². The van der Waals surface area contributed by atoms with Gasteiger partial charge < -0.3 is 14.6 Å². The van der Waals surface area contributed by atoms with Gasteiger partial charge in [-0.15, -0.1) is 0 Å². The average molecular weight is 475 g/mol. The van der Waals surface area contributed by atoms with E-state index in [9.17, 15) is 14.3 Å². The fraction of sp³-hybridized carbons (Fsp3) is 0.300. The molecular formula is C30H31FO4. The SMILES string of the molecule is CCCC=Cc1cc(COc2ccc3c(c2)[C@@H](CC(=O)O)CC3)ccc1-c1cc(OC)ccc1F. The lowest BCUT2D eigenvalue weighted by Gasteiger charge is -2.14. The Hall–Kier alpha value is -3.60. The van der Waals surface area contributed by atoms with Crippen LogP contribution in [0.25, 0.3) is 17.2 Å². The van der Waals surface area contributed by atoms with E-state index in [1.165, 1.54) is 11.6 Å². The summed E-state index contributed by atoms with van der Waals surface area (Å²) in [6, 6.07) is 16.6. The van der Waals surface area contributed by atoms with Gasteiger partial charge in [-0.25, -0.2) is 4.39 Å². The molecule has 182 valence electrons. The maximum absolute atomic E-state index is 14.7. The number of rotatable bonds is 10. The summed E-state index contributed by atoms with van der Waals surface area (Å²) >= 11 is 0. The van der Waals surface area contributed by atoms with Gasteiger partial charge in [-0.2, -0.15) is 0 Å². The van der Waals surface area contributed by atoms with Gasteiger partial charge in [0, 0.05) is 5.56 Å². The zero-order valence-electron chi connectivity index (χ0n) is 20.2. The lowest BCUT2D eigenvalue weighted by Crippen LogP contribution is -2.03. The number of benzene rings is 3. The Morgan fingerprint density at radius 1 is 1.09 bits per heavy atom. The molecule has 1 aliphatic carbocycles. The first-order chi connectivity index (χ1) is 17.0. The first kappa shape index (κ1) is 24.5. The molecule has 0 radical (unpaired) electrons. The van der Waals surface area contributed by atoms with Crippen molar-refractivity contribution in [3.63, 3.8) is 0 Å². The number of methoxy groups -OCH3 is 1. The van der Waals surface area contributed by atoms with Crippen molar-refractivity contribution in [2.75, 3.05) is 7.11 Å². The van der Waals surface area contributed by atoms with E-state index in [0.29, 0.717) is 17.9 Å². The Labute approximate surface area is 206 Å². The Balaban J connectivity index is 1.57. The van der Waals surface area contributed by atoms with E-state index in [1.54, 1.807) is 19.2 Å². The minimum Gasteiger partial charge on any atom is -0.497 e. The number of ether oxygens (including phenoxy) is 2. The van der Waals surface area contributed by atoms with Crippen LogP contribution in [0.3, 0.4) is 0 Å². The number of unbranched alkanes of at least 4 members (excludes halogenated alkanes) is 1. The zero-order chi connectivity index (χ0) is 24.8. The van der Waals surface area contributed by atoms with Crippen LogP contribution in [0.1, 0.15) is 60.8 Å². The van der Waals surface area contributed by atoms with Gasteiger partial charge in [0.1, 0.15) is 23.9 Å². The molecule has 3 aromatic rings. The van der Waals surface area contributed by atoms with E-state index >= 15 is 0 Å². The van der Waals surface area contributed by atoms with Crippen LogP contribution in [0.4, 0.5) is 4.39 Å². The first-order valence-electron chi connectivity index (χ1n) is 12.1. The second kappa shape index (κ2) is 11.2. The highest BCUT2D eigenvalue weighted by molar-refractivity contribution is 5.77. The molecule has 1 atom stereocenters. The standard InChI is InChI=1S/C30H31FO4/c1-3-4-5-6-22-15-20(7-13-26(22)28-17-24(34-2)12-14-29(28)31)19-35-25-11-10-21-8-9-23(16-30(32)33)27(21)18-25/h5-7,10-15,17-18,23H,3-4,8-9,16,19H2,1-2H3,(H,32,33)/t23-/m1/s1. The third-order valence-electron chi connectivity index (χ3n) is 6.48. The Morgan fingerprint density at radius 3 is 2.69 bits per heavy atom. The van der Waals surface area contributed by atoms with Crippen molar-refractivity contribution in [3.8, 4) is 22.6 Å². The zero-order valence-corrected chi connectivity index (χ0v) is 20.2. The average Bonchev–Trinajstić information content (AvgIpc) is 3.25. The number of halogens is 1. The lowest BCUT2D eigenvalue weighted by atomic mass is 9.96. The van der Waals surface area contributed by atoms with Gasteiger partial charge in [-0.1, -0.05) is 43.7 Å². The summed E-state index contributed by atoms with van der Waals surface area (Å²) in [5.41, 5.74) is 5.47. The number of aryl methyl sites for hydroxylation is 1. The number of carboxylic acids is 1. The molecule has 35 heavy (non-hydrogen) atoms. The molecule has 0 fully saturated rings. The normalized spacial score (nSPS) is 14.8. The van der Waals surface area contributed by atoms with Crippen molar-refractivity contribution in [2.24, 2.45) is 0 Å². The minimum absolute atomic E-state index is 0.0402. The maximum Gasteiger partial charge on any atom is 0.303 e. The summed E-state index contributed by atoms with van der Waals surface area (Å²) in [7, 11) is 1.57. The molecule has 0 spiro atoms. The molecule has 0 amide bonds. The molecular weight excluding hydrogens is 443 g/mol. The summed E-state index contributed by atoms with van der Waals surface area (Å²) in [5.74, 6) is 0.305. The molecule has 5 heteroatoms. The monoisotopic (exact) mass is 474 g/mol. The molecule has 0 heterocycles. The van der Waals surface area contributed by atoms with Gasteiger partial charge in [-0.05, 0) is 89.4 Å². The van der Waals surface area contributed by atoms with Gasteiger partial charge >= 0.3 is 5.97 Å². The van der Waals surface area contributed by atoms with E-state index in [1.807, 2.05) is 42.5 Å². The smallest absolute Gasteiger partial charge is 0.303 e. The minimum atomic E-state index is -0.773. The topological polar surface area (TPSA) is 55.8 Å². The van der Waals surface area contributed by atoms with E-state index in [4.69, 9.17) is 9.47 Å². The van der Waals surface area contributed by atoms with E-state index in [0.717, 1.165) is 53.7 Å². The highest BCUT2D eigenvalue weighted by atomic mass is 19.1. The molecule has 4 rings (SSSR count). The van der Waals surface area contributed by atoms with Crippen LogP contribution >= 0.6 is 0 Å². The van der Waals surface area contributed by atoms with E-state index < -0.39 is 5.97 Å². The summed E-state index contributed by atoms with van der Waals surface area (Å²) in [4.78, 5) is 11.2. The number of carbonyl (C=O) groups is 1. The van der Waals surface area contributed by atoms with Gasteiger partial charge in [0.25, 0.3) is 0 Å². The number of fused-ring (bicyclic) bond motifs is 1. The summed E-state index contributed by atoms with van der Waals surface area (Å²) < 4.78 is 26.1. The van der Waals surface area contributed by atoms with Crippen molar-refractivity contribution in [2.45, 2.75) is 51.6 Å². The molecule has 0 unspecified atom stereocenters. The first-order valence-corrected chi connectivity index (χ1v) is 12.1. The fourth-order valence-electron chi connectivity index (χ4n) is 4.65. The predicted molar refractivity (Wildman–Crippen MR) is 136 cm³/mol. The molecule has 0 aromatic heterocycles. The third-order valence-corrected chi connectivity index (χ3v) is 6.48. The number of aliphatic carboxylic acids is 1. The van der Waals surface area contributed by atoms with Gasteiger partial charge in [-0.3, -0.25) is 4.79 Å². The van der Waals surface area contributed by atoms with Crippen LogP contribution in [-0.4, -0.2) is 18.2 Å². The van der Waals surface area contributed by atoms with Crippen molar-refractivity contribution >= 4 is 12.0 Å². The highest BCUT2D eigenvalue weighted by Crippen LogP contribution is 2.38. The number of allylic oxidation sites excluding steroid dienone is 1. The Bertz CT molecular complexity index is 1230. The van der Waals surface area contributed by atoms with Crippen LogP contribution in [0, 0.1) is 5.82 Å². The van der Waals surface area contributed by atoms with E-state index in [2.05, 4.69) is 13.0 Å². The van der Waals surface area contributed by atoms with Crippen molar-refractivity contribution in [1.82, 2.24) is 0 Å². The Morgan fingerprint density at radius 2 is 1.91 bits per heavy atom. The maximum atomic E-state index is 14.7. The van der Waals surface area contributed by atoms with Crippen LogP contribution in [0.5, 0.6) is 11.5 Å². The molecule has 3 aromatic carbocycles. The van der Waals surface area contributed by atoms with Crippen LogP contribution in [0.15, 0.2) is 60.7 Å². The van der Waals surface area contributed by atoms with Crippen molar-refractivity contribution in [1.29, 1.82) is 0 Å². The predicted octanol–water partition coefficient (Wildman–Crippen LogP) is 7.40. The molecule has 0 aliphatic heterocycles. The number of carboxylic acid groups (broad SMARTS) is 1. The fourth-order valence-corrected chi connectivity index (χ4v) is 4.65. The highest BCUT2D eigenvalue weighted by Gasteiger charge is 2.25. The molecule has 4 nitrogen and oxygen atoms in total. The molecule has 1 N–H and O–H groups in total. The second-order valence-corrected chi connectivity index (χ2v) is 8.94. The second-order valence-electron chi connectivity index (χ2n) is 8.94. The van der Waals surface area contributed by atoms with Gasteiger partial charge in [0.05, 0.1) is 13.5 Å². The molecule has 0 saturated carbocycles. The summed E-state index contributed by atoms with van der Waals surface area (Å²) in [6.45, 7) is 2.48. The molecule has 0 saturated heterocycles. The quantitative estimate of drug-likeness (QED) is 0.333. The lowest BCUT2D eigenvalue weighted by molar-refractivity contribution is -0.137. The van der Waals surface area contributed by atoms with Crippen molar-refractivity contribution in [3.05, 3.63) is 88.7 Å². The molecule has 0 bridgehead atoms. The Kier molecular flexibility index (Phi) is 7.86.